The molecule has 7 nitrogen and oxygen atoms in total. The maximum atomic E-state index is 12.2. The molecule has 2 aromatic rings. The number of carbonyl (C=O) groups excluding carboxylic acids is 2. The number of hydrogen-bond acceptors (Lipinski definition) is 4. The average molecular weight is 334 g/mol. The first-order valence-corrected chi connectivity index (χ1v) is 6.87. The van der Waals surface area contributed by atoms with Gasteiger partial charge in [-0.3, -0.25) is 19.7 Å². The van der Waals surface area contributed by atoms with Crippen LogP contribution >= 0.6 is 11.6 Å². The van der Waals surface area contributed by atoms with Gasteiger partial charge >= 0.3 is 0 Å². The lowest BCUT2D eigenvalue weighted by Crippen LogP contribution is -2.15. The summed E-state index contributed by atoms with van der Waals surface area (Å²) in [5.74, 6) is -1.11. The molecule has 0 saturated carbocycles. The number of hydrogen-bond donors (Lipinski definition) is 2. The van der Waals surface area contributed by atoms with E-state index < -0.39 is 16.7 Å². The minimum Gasteiger partial charge on any atom is -0.369 e. The molecule has 23 heavy (non-hydrogen) atoms. The number of nitro benzene ring substituents is 1. The molecule has 118 valence electrons. The number of benzene rings is 2. The van der Waals surface area contributed by atoms with Crippen molar-refractivity contribution in [3.63, 3.8) is 0 Å². The summed E-state index contributed by atoms with van der Waals surface area (Å²) in [4.78, 5) is 33.4. The van der Waals surface area contributed by atoms with Crippen LogP contribution < -0.4 is 11.1 Å². The highest BCUT2D eigenvalue weighted by Crippen LogP contribution is 2.24. The summed E-state index contributed by atoms with van der Waals surface area (Å²) < 4.78 is 0. The Labute approximate surface area is 136 Å². The fraction of sp³-hybridized carbons (Fsp3) is 0.0667. The molecule has 0 spiro atoms. The summed E-state index contributed by atoms with van der Waals surface area (Å²) in [7, 11) is 0. The van der Waals surface area contributed by atoms with E-state index in [4.69, 9.17) is 17.3 Å². The second-order valence-electron chi connectivity index (χ2n) is 4.71. The number of primary amides is 1. The summed E-state index contributed by atoms with van der Waals surface area (Å²) >= 11 is 5.79. The van der Waals surface area contributed by atoms with Crippen molar-refractivity contribution < 1.29 is 14.5 Å². The molecule has 0 aliphatic heterocycles. The van der Waals surface area contributed by atoms with E-state index in [0.717, 1.165) is 0 Å². The van der Waals surface area contributed by atoms with Crippen LogP contribution in [0.25, 0.3) is 0 Å². The first-order valence-electron chi connectivity index (χ1n) is 6.49. The van der Waals surface area contributed by atoms with Crippen molar-refractivity contribution in [3.05, 3.63) is 68.7 Å². The van der Waals surface area contributed by atoms with E-state index in [0.29, 0.717) is 11.3 Å². The van der Waals surface area contributed by atoms with Gasteiger partial charge in [0.05, 0.1) is 11.3 Å². The molecule has 3 N–H and O–H groups in total. The maximum Gasteiger partial charge on any atom is 0.282 e. The lowest BCUT2D eigenvalue weighted by molar-refractivity contribution is -0.385. The highest BCUT2D eigenvalue weighted by molar-refractivity contribution is 6.31. The highest BCUT2D eigenvalue weighted by atomic mass is 35.5. The van der Waals surface area contributed by atoms with Crippen LogP contribution in [0.1, 0.15) is 15.9 Å². The predicted octanol–water partition coefficient (Wildman–Crippen LogP) is 2.53. The first-order chi connectivity index (χ1) is 10.9. The Morgan fingerprint density at radius 2 is 1.83 bits per heavy atom. The quantitative estimate of drug-likeness (QED) is 0.646. The first kappa shape index (κ1) is 16.4. The van der Waals surface area contributed by atoms with Crippen molar-refractivity contribution in [2.24, 2.45) is 5.73 Å². The molecule has 0 aromatic heterocycles. The van der Waals surface area contributed by atoms with Crippen molar-refractivity contribution in [3.8, 4) is 0 Å². The molecule has 2 rings (SSSR count). The van der Waals surface area contributed by atoms with Crippen molar-refractivity contribution in [2.75, 3.05) is 5.32 Å². The smallest absolute Gasteiger partial charge is 0.282 e. The van der Waals surface area contributed by atoms with E-state index >= 15 is 0 Å². The third-order valence-corrected chi connectivity index (χ3v) is 3.23. The molecule has 0 unspecified atom stereocenters. The van der Waals surface area contributed by atoms with Crippen LogP contribution in [0.15, 0.2) is 42.5 Å². The van der Waals surface area contributed by atoms with Gasteiger partial charge in [0.25, 0.3) is 11.6 Å². The Bertz CT molecular complexity index is 775. The Balaban J connectivity index is 2.20. The molecule has 2 amide bonds. The number of nitrogens with two attached hydrogens (primary N) is 1. The van der Waals surface area contributed by atoms with Gasteiger partial charge in [-0.1, -0.05) is 23.7 Å². The van der Waals surface area contributed by atoms with Gasteiger partial charge in [0.2, 0.25) is 5.91 Å². The van der Waals surface area contributed by atoms with Crippen molar-refractivity contribution in [1.82, 2.24) is 0 Å². The molecular formula is C15H12ClN3O4. The topological polar surface area (TPSA) is 115 Å². The SMILES string of the molecule is NC(=O)Cc1ccc(NC(=O)c2cc(Cl)ccc2[N+](=O)[O-])cc1. The zero-order valence-electron chi connectivity index (χ0n) is 11.8. The normalized spacial score (nSPS) is 10.1. The van der Waals surface area contributed by atoms with Crippen molar-refractivity contribution in [2.45, 2.75) is 6.42 Å². The zero-order valence-corrected chi connectivity index (χ0v) is 12.5. The summed E-state index contributed by atoms with van der Waals surface area (Å²) in [5, 5.41) is 13.7. The molecule has 2 aromatic carbocycles. The largest absolute Gasteiger partial charge is 0.369 e. The molecule has 0 aliphatic carbocycles. The third kappa shape index (κ3) is 4.27. The number of anilines is 1. The highest BCUT2D eigenvalue weighted by Gasteiger charge is 2.20. The monoisotopic (exact) mass is 333 g/mol. The number of amides is 2. The second-order valence-corrected chi connectivity index (χ2v) is 5.15. The molecule has 0 atom stereocenters. The fourth-order valence-corrected chi connectivity index (χ4v) is 2.13. The average Bonchev–Trinajstić information content (AvgIpc) is 2.48. The molecule has 0 radical (unpaired) electrons. The fourth-order valence-electron chi connectivity index (χ4n) is 1.95. The van der Waals surface area contributed by atoms with Gasteiger partial charge < -0.3 is 11.1 Å². The lowest BCUT2D eigenvalue weighted by Gasteiger charge is -2.07. The number of nitro groups is 1. The van der Waals surface area contributed by atoms with Gasteiger partial charge in [0.15, 0.2) is 0 Å². The number of nitrogens with zero attached hydrogens (tertiary/aromatic N) is 1. The van der Waals surface area contributed by atoms with Gasteiger partial charge in [-0.05, 0) is 29.8 Å². The molecule has 0 heterocycles. The summed E-state index contributed by atoms with van der Waals surface area (Å²) in [6.07, 6.45) is 0.0913. The lowest BCUT2D eigenvalue weighted by atomic mass is 10.1. The molecule has 0 aliphatic rings. The van der Waals surface area contributed by atoms with E-state index in [1.54, 1.807) is 24.3 Å². The number of halogens is 1. The second kappa shape index (κ2) is 6.89. The minimum absolute atomic E-state index is 0.0913. The van der Waals surface area contributed by atoms with E-state index in [1.165, 1.54) is 18.2 Å². The van der Waals surface area contributed by atoms with Crippen LogP contribution in [-0.4, -0.2) is 16.7 Å². The van der Waals surface area contributed by atoms with E-state index in [9.17, 15) is 19.7 Å². The van der Waals surface area contributed by atoms with Crippen molar-refractivity contribution >= 4 is 34.8 Å². The zero-order chi connectivity index (χ0) is 17.0. The van der Waals surface area contributed by atoms with Gasteiger partial charge in [-0.25, -0.2) is 0 Å². The Hall–Kier alpha value is -2.93. The van der Waals surface area contributed by atoms with Crippen LogP contribution in [-0.2, 0) is 11.2 Å². The maximum absolute atomic E-state index is 12.2. The molecule has 0 fully saturated rings. The summed E-state index contributed by atoms with van der Waals surface area (Å²) in [6, 6.07) is 10.2. The summed E-state index contributed by atoms with van der Waals surface area (Å²) in [6.45, 7) is 0. The number of rotatable bonds is 5. The van der Waals surface area contributed by atoms with Gasteiger partial charge in [-0.2, -0.15) is 0 Å². The van der Waals surface area contributed by atoms with E-state index in [2.05, 4.69) is 5.32 Å². The number of carbonyl (C=O) groups is 2. The van der Waals surface area contributed by atoms with Gasteiger partial charge in [-0.15, -0.1) is 0 Å². The van der Waals surface area contributed by atoms with Crippen LogP contribution in [0.3, 0.4) is 0 Å². The Kier molecular flexibility index (Phi) is 4.92. The number of nitrogens with one attached hydrogen (secondary N) is 1. The Morgan fingerprint density at radius 3 is 2.39 bits per heavy atom. The van der Waals surface area contributed by atoms with E-state index in [-0.39, 0.29) is 22.7 Å². The van der Waals surface area contributed by atoms with Gasteiger partial charge in [0.1, 0.15) is 5.56 Å². The third-order valence-electron chi connectivity index (χ3n) is 2.99. The van der Waals surface area contributed by atoms with Crippen LogP contribution in [0, 0.1) is 10.1 Å². The molecule has 0 saturated heterocycles. The summed E-state index contributed by atoms with van der Waals surface area (Å²) in [5.41, 5.74) is 5.75. The Morgan fingerprint density at radius 1 is 1.17 bits per heavy atom. The van der Waals surface area contributed by atoms with Crippen LogP contribution in [0.5, 0.6) is 0 Å². The molecular weight excluding hydrogens is 322 g/mol. The van der Waals surface area contributed by atoms with Crippen LogP contribution in [0.2, 0.25) is 5.02 Å². The van der Waals surface area contributed by atoms with Gasteiger partial charge in [0, 0.05) is 16.8 Å². The predicted molar refractivity (Wildman–Crippen MR) is 85.4 cm³/mol. The minimum atomic E-state index is -0.652. The van der Waals surface area contributed by atoms with E-state index in [1.807, 2.05) is 0 Å². The van der Waals surface area contributed by atoms with Crippen molar-refractivity contribution in [1.29, 1.82) is 0 Å². The van der Waals surface area contributed by atoms with Crippen LogP contribution in [0.4, 0.5) is 11.4 Å². The molecule has 8 heteroatoms. The standard InChI is InChI=1S/C15H12ClN3O4/c16-10-3-6-13(19(22)23)12(8-10)15(21)18-11-4-1-9(2-5-11)7-14(17)20/h1-6,8H,7H2,(H2,17,20)(H,18,21). The molecule has 0 bridgehead atoms.